The fourth-order valence-corrected chi connectivity index (χ4v) is 3.33. The number of nitrogens with zero attached hydrogens (tertiary/aromatic N) is 3. The first kappa shape index (κ1) is 27.8. The third-order valence-corrected chi connectivity index (χ3v) is 5.04. The van der Waals surface area contributed by atoms with Crippen LogP contribution in [0.4, 0.5) is 13.2 Å². The molecule has 1 saturated heterocycles. The predicted octanol–water partition coefficient (Wildman–Crippen LogP) is 3.25. The minimum Gasteiger partial charge on any atom is -0.484 e. The van der Waals surface area contributed by atoms with Crippen LogP contribution < -0.4 is 15.4 Å². The first-order valence-corrected chi connectivity index (χ1v) is 10.4. The Morgan fingerprint density at radius 2 is 1.94 bits per heavy atom. The normalized spacial score (nSPS) is 16.4. The highest BCUT2D eigenvalue weighted by atomic mass is 127. The van der Waals surface area contributed by atoms with Gasteiger partial charge in [0.1, 0.15) is 5.75 Å². The van der Waals surface area contributed by atoms with Crippen molar-refractivity contribution < 1.29 is 17.9 Å². The molecule has 31 heavy (non-hydrogen) atoms. The Hall–Kier alpha value is -1.27. The molecule has 1 heterocycles. The maximum Gasteiger partial charge on any atom is 0.422 e. The SMILES string of the molecule is CN=C(NCCCN1CCCN(C)CC1)NCc1ccc(C)cc1OCC(F)(F)F.I. The zero-order chi connectivity index (χ0) is 22.0. The van der Waals surface area contributed by atoms with Crippen LogP contribution in [0.15, 0.2) is 23.2 Å². The van der Waals surface area contributed by atoms with Gasteiger partial charge in [-0.25, -0.2) is 0 Å². The number of guanidine groups is 1. The summed E-state index contributed by atoms with van der Waals surface area (Å²) in [6, 6.07) is 5.25. The Morgan fingerprint density at radius 3 is 2.65 bits per heavy atom. The van der Waals surface area contributed by atoms with Crippen LogP contribution in [0.1, 0.15) is 24.0 Å². The Labute approximate surface area is 200 Å². The highest BCUT2D eigenvalue weighted by molar-refractivity contribution is 14.0. The topological polar surface area (TPSA) is 52.1 Å². The number of alkyl halides is 3. The lowest BCUT2D eigenvalue weighted by atomic mass is 10.1. The molecule has 0 aromatic heterocycles. The molecule has 0 spiro atoms. The van der Waals surface area contributed by atoms with Crippen LogP contribution in [0.3, 0.4) is 0 Å². The summed E-state index contributed by atoms with van der Waals surface area (Å²) in [4.78, 5) is 9.05. The average Bonchev–Trinajstić information content (AvgIpc) is 2.90. The molecule has 10 heteroatoms. The van der Waals surface area contributed by atoms with Crippen molar-refractivity contribution in [2.75, 3.05) is 60.0 Å². The predicted molar refractivity (Wildman–Crippen MR) is 130 cm³/mol. The number of rotatable bonds is 8. The molecule has 0 aliphatic carbocycles. The molecule has 0 bridgehead atoms. The Kier molecular flexibility index (Phi) is 12.5. The fraction of sp³-hybridized carbons (Fsp3) is 0.667. The molecule has 0 unspecified atom stereocenters. The van der Waals surface area contributed by atoms with Crippen molar-refractivity contribution in [2.45, 2.75) is 32.5 Å². The zero-order valence-corrected chi connectivity index (χ0v) is 20.9. The maximum atomic E-state index is 12.5. The van der Waals surface area contributed by atoms with Crippen LogP contribution in [-0.4, -0.2) is 81.9 Å². The maximum absolute atomic E-state index is 12.5. The standard InChI is InChI=1S/C21H34F3N5O.HI/c1-17-6-7-18(19(14-17)30-16-21(22,23)24)15-27-20(25-2)26-8-4-10-29-11-5-9-28(3)12-13-29;/h6-7,14H,4-5,8-13,15-16H2,1-3H3,(H2,25,26,27);1H. The van der Waals surface area contributed by atoms with Gasteiger partial charge in [0.2, 0.25) is 0 Å². The number of ether oxygens (including phenoxy) is 1. The van der Waals surface area contributed by atoms with Crippen molar-refractivity contribution in [1.82, 2.24) is 20.4 Å². The second-order valence-electron chi connectivity index (χ2n) is 7.72. The second kappa shape index (κ2) is 14.0. The fourth-order valence-electron chi connectivity index (χ4n) is 3.33. The minimum atomic E-state index is -4.37. The summed E-state index contributed by atoms with van der Waals surface area (Å²) in [5, 5.41) is 6.43. The lowest BCUT2D eigenvalue weighted by Crippen LogP contribution is -2.38. The summed E-state index contributed by atoms with van der Waals surface area (Å²) in [5.74, 6) is 0.856. The number of halogens is 4. The number of hydrogen-bond acceptors (Lipinski definition) is 4. The minimum absolute atomic E-state index is 0. The number of likely N-dealkylation sites (N-methyl/N-ethyl adjacent to an activating group) is 1. The highest BCUT2D eigenvalue weighted by Gasteiger charge is 2.28. The Morgan fingerprint density at radius 1 is 1.16 bits per heavy atom. The third kappa shape index (κ3) is 11.2. The van der Waals surface area contributed by atoms with Gasteiger partial charge in [-0.1, -0.05) is 12.1 Å². The van der Waals surface area contributed by atoms with Crippen LogP contribution in [0.25, 0.3) is 0 Å². The molecule has 2 N–H and O–H groups in total. The molecule has 0 amide bonds. The van der Waals surface area contributed by atoms with Crippen molar-refractivity contribution in [2.24, 2.45) is 4.99 Å². The third-order valence-electron chi connectivity index (χ3n) is 5.04. The molecule has 6 nitrogen and oxygen atoms in total. The molecule has 1 aliphatic rings. The summed E-state index contributed by atoms with van der Waals surface area (Å²) < 4.78 is 42.5. The van der Waals surface area contributed by atoms with E-state index in [0.717, 1.165) is 51.3 Å². The second-order valence-corrected chi connectivity index (χ2v) is 7.72. The van der Waals surface area contributed by atoms with Gasteiger partial charge in [-0.05, 0) is 58.1 Å². The lowest BCUT2D eigenvalue weighted by molar-refractivity contribution is -0.153. The van der Waals surface area contributed by atoms with E-state index in [0.29, 0.717) is 18.1 Å². The van der Waals surface area contributed by atoms with Gasteiger partial charge >= 0.3 is 6.18 Å². The van der Waals surface area contributed by atoms with Crippen molar-refractivity contribution in [3.8, 4) is 5.75 Å². The van der Waals surface area contributed by atoms with E-state index in [1.54, 1.807) is 19.2 Å². The highest BCUT2D eigenvalue weighted by Crippen LogP contribution is 2.23. The van der Waals surface area contributed by atoms with Gasteiger partial charge in [0, 0.05) is 38.8 Å². The molecule has 1 aliphatic heterocycles. The largest absolute Gasteiger partial charge is 0.484 e. The van der Waals surface area contributed by atoms with E-state index in [1.165, 1.54) is 6.42 Å². The first-order chi connectivity index (χ1) is 14.3. The van der Waals surface area contributed by atoms with E-state index < -0.39 is 12.8 Å². The molecule has 1 aromatic rings. The van der Waals surface area contributed by atoms with E-state index in [9.17, 15) is 13.2 Å². The molecular formula is C21H35F3IN5O. The summed E-state index contributed by atoms with van der Waals surface area (Å²) in [6.07, 6.45) is -2.17. The van der Waals surface area contributed by atoms with Gasteiger partial charge in [-0.2, -0.15) is 13.2 Å². The molecular weight excluding hydrogens is 522 g/mol. The Balaban J connectivity index is 0.00000480. The molecule has 2 rings (SSSR count). The van der Waals surface area contributed by atoms with Gasteiger partial charge in [0.25, 0.3) is 0 Å². The number of aryl methyl sites for hydroxylation is 1. The lowest BCUT2D eigenvalue weighted by Gasteiger charge is -2.20. The molecule has 178 valence electrons. The Bertz CT molecular complexity index is 687. The van der Waals surface area contributed by atoms with E-state index in [2.05, 4.69) is 32.5 Å². The van der Waals surface area contributed by atoms with Crippen LogP contribution in [-0.2, 0) is 6.54 Å². The number of hydrogen-bond donors (Lipinski definition) is 2. The van der Waals surface area contributed by atoms with Crippen molar-refractivity contribution >= 4 is 29.9 Å². The first-order valence-electron chi connectivity index (χ1n) is 10.4. The zero-order valence-electron chi connectivity index (χ0n) is 18.6. The molecule has 0 saturated carbocycles. The van der Waals surface area contributed by atoms with Crippen molar-refractivity contribution in [3.05, 3.63) is 29.3 Å². The molecule has 0 radical (unpaired) electrons. The van der Waals surface area contributed by atoms with E-state index in [4.69, 9.17) is 4.74 Å². The smallest absolute Gasteiger partial charge is 0.422 e. The van der Waals surface area contributed by atoms with E-state index in [1.807, 2.05) is 13.0 Å². The van der Waals surface area contributed by atoms with Crippen LogP contribution in [0.5, 0.6) is 5.75 Å². The van der Waals surface area contributed by atoms with Gasteiger partial charge in [0.05, 0.1) is 0 Å². The molecule has 1 aromatic carbocycles. The average molecular weight is 557 g/mol. The van der Waals surface area contributed by atoms with Gasteiger partial charge < -0.3 is 25.2 Å². The summed E-state index contributed by atoms with van der Waals surface area (Å²) >= 11 is 0. The van der Waals surface area contributed by atoms with Crippen LogP contribution in [0, 0.1) is 6.92 Å². The monoisotopic (exact) mass is 557 g/mol. The van der Waals surface area contributed by atoms with Crippen LogP contribution in [0.2, 0.25) is 0 Å². The van der Waals surface area contributed by atoms with E-state index >= 15 is 0 Å². The summed E-state index contributed by atoms with van der Waals surface area (Å²) in [6.45, 7) is 7.13. The van der Waals surface area contributed by atoms with E-state index in [-0.39, 0.29) is 29.7 Å². The van der Waals surface area contributed by atoms with Gasteiger partial charge in [-0.15, -0.1) is 24.0 Å². The molecule has 0 atom stereocenters. The summed E-state index contributed by atoms with van der Waals surface area (Å²) in [7, 11) is 3.84. The van der Waals surface area contributed by atoms with Crippen molar-refractivity contribution in [3.63, 3.8) is 0 Å². The number of aliphatic imine (C=N–C) groups is 1. The van der Waals surface area contributed by atoms with Crippen LogP contribution >= 0.6 is 24.0 Å². The summed E-state index contributed by atoms with van der Waals surface area (Å²) in [5.41, 5.74) is 1.50. The van der Waals surface area contributed by atoms with Gasteiger partial charge in [0.15, 0.2) is 12.6 Å². The number of benzene rings is 1. The van der Waals surface area contributed by atoms with Gasteiger partial charge in [-0.3, -0.25) is 4.99 Å². The quantitative estimate of drug-likeness (QED) is 0.223. The molecule has 1 fully saturated rings. The van der Waals surface area contributed by atoms with Crippen molar-refractivity contribution in [1.29, 1.82) is 0 Å². The number of nitrogens with one attached hydrogen (secondary N) is 2.